The van der Waals surface area contributed by atoms with E-state index in [9.17, 15) is 9.59 Å². The van der Waals surface area contributed by atoms with Gasteiger partial charge in [0.25, 0.3) is 0 Å². The molecule has 0 atom stereocenters. The summed E-state index contributed by atoms with van der Waals surface area (Å²) in [4.78, 5) is 25.3. The lowest BCUT2D eigenvalue weighted by molar-refractivity contribution is 0.0703. The number of aryl methyl sites for hydroxylation is 1. The topological polar surface area (TPSA) is 75.0 Å². The van der Waals surface area contributed by atoms with Gasteiger partial charge in [0.15, 0.2) is 17.1 Å². The van der Waals surface area contributed by atoms with E-state index in [0.29, 0.717) is 22.6 Å². The average Bonchev–Trinajstić information content (AvgIpc) is 3.41. The van der Waals surface area contributed by atoms with E-state index in [2.05, 4.69) is 6.92 Å². The molecule has 0 radical (unpaired) electrons. The van der Waals surface area contributed by atoms with Gasteiger partial charge in [-0.25, -0.2) is 4.79 Å². The SMILES string of the molecule is CCc1ccc(/C=C2\Oc3cc(OC(=O)c4cc5cccc(OC)c5o4)ccc3C2=O)cc1. The molecule has 0 saturated heterocycles. The molecule has 0 saturated carbocycles. The van der Waals surface area contributed by atoms with Gasteiger partial charge in [0.2, 0.25) is 11.5 Å². The van der Waals surface area contributed by atoms with Gasteiger partial charge in [0.1, 0.15) is 11.5 Å². The molecule has 6 heteroatoms. The largest absolute Gasteiger partial charge is 0.493 e. The fourth-order valence-corrected chi connectivity index (χ4v) is 3.69. The van der Waals surface area contributed by atoms with Gasteiger partial charge in [-0.1, -0.05) is 43.3 Å². The number of Topliss-reactive ketones (excluding diaryl/α,β-unsaturated/α-hetero) is 1. The third-order valence-corrected chi connectivity index (χ3v) is 5.47. The van der Waals surface area contributed by atoms with Crippen LogP contribution < -0.4 is 14.2 Å². The zero-order valence-electron chi connectivity index (χ0n) is 18.1. The van der Waals surface area contributed by atoms with Crippen LogP contribution in [0.5, 0.6) is 17.2 Å². The average molecular weight is 440 g/mol. The molecule has 0 spiro atoms. The molecule has 164 valence electrons. The highest BCUT2D eigenvalue weighted by molar-refractivity contribution is 6.14. The molecule has 0 N–H and O–H groups in total. The first kappa shape index (κ1) is 20.6. The number of hydrogen-bond acceptors (Lipinski definition) is 6. The highest BCUT2D eigenvalue weighted by atomic mass is 16.6. The second-order valence-electron chi connectivity index (χ2n) is 7.57. The molecular weight excluding hydrogens is 420 g/mol. The summed E-state index contributed by atoms with van der Waals surface area (Å²) in [6.07, 6.45) is 2.65. The standard InChI is InChI=1S/C27H20O6/c1-3-16-7-9-17(10-8-16)13-23-25(28)20-12-11-19(15-22(20)32-23)31-27(29)24-14-18-5-4-6-21(30-2)26(18)33-24/h4-15H,3H2,1-2H3/b23-13-. The number of carbonyl (C=O) groups is 2. The summed E-state index contributed by atoms with van der Waals surface area (Å²) in [6, 6.07) is 19.6. The fourth-order valence-electron chi connectivity index (χ4n) is 3.69. The maximum Gasteiger partial charge on any atom is 0.379 e. The Kier molecular flexibility index (Phi) is 5.18. The van der Waals surface area contributed by atoms with Gasteiger partial charge in [-0.05, 0) is 47.9 Å². The van der Waals surface area contributed by atoms with Crippen molar-refractivity contribution in [3.63, 3.8) is 0 Å². The van der Waals surface area contributed by atoms with Crippen LogP contribution in [0.25, 0.3) is 17.0 Å². The molecule has 0 unspecified atom stereocenters. The minimum Gasteiger partial charge on any atom is -0.493 e. The number of hydrogen-bond donors (Lipinski definition) is 0. The number of esters is 1. The Morgan fingerprint density at radius 2 is 1.85 bits per heavy atom. The Morgan fingerprint density at radius 1 is 1.03 bits per heavy atom. The van der Waals surface area contributed by atoms with E-state index in [4.69, 9.17) is 18.6 Å². The van der Waals surface area contributed by atoms with E-state index >= 15 is 0 Å². The number of fused-ring (bicyclic) bond motifs is 2. The predicted octanol–water partition coefficient (Wildman–Crippen LogP) is 5.84. The molecule has 0 bridgehead atoms. The fraction of sp³-hybridized carbons (Fsp3) is 0.111. The quantitative estimate of drug-likeness (QED) is 0.221. The minimum absolute atomic E-state index is 0.0445. The van der Waals surface area contributed by atoms with Gasteiger partial charge in [0.05, 0.1) is 12.7 Å². The lowest BCUT2D eigenvalue weighted by Gasteiger charge is -2.04. The first-order chi connectivity index (χ1) is 16.1. The second-order valence-corrected chi connectivity index (χ2v) is 7.57. The molecular formula is C27H20O6. The maximum atomic E-state index is 12.7. The smallest absolute Gasteiger partial charge is 0.379 e. The summed E-state index contributed by atoms with van der Waals surface area (Å²) < 4.78 is 22.1. The predicted molar refractivity (Wildman–Crippen MR) is 123 cm³/mol. The molecule has 0 fully saturated rings. The van der Waals surface area contributed by atoms with Crippen LogP contribution in [0.3, 0.4) is 0 Å². The highest BCUT2D eigenvalue weighted by Crippen LogP contribution is 2.35. The number of para-hydroxylation sites is 1. The van der Waals surface area contributed by atoms with Crippen molar-refractivity contribution in [2.24, 2.45) is 0 Å². The van der Waals surface area contributed by atoms with Crippen molar-refractivity contribution in [2.75, 3.05) is 7.11 Å². The summed E-state index contributed by atoms with van der Waals surface area (Å²) in [5.74, 6) is 0.501. The lowest BCUT2D eigenvalue weighted by Crippen LogP contribution is -2.07. The number of carbonyl (C=O) groups excluding carboxylic acids is 2. The van der Waals surface area contributed by atoms with E-state index in [0.717, 1.165) is 17.4 Å². The summed E-state index contributed by atoms with van der Waals surface area (Å²) in [5.41, 5.74) is 2.97. The van der Waals surface area contributed by atoms with E-state index in [1.165, 1.54) is 18.7 Å². The van der Waals surface area contributed by atoms with Crippen LogP contribution in [-0.2, 0) is 6.42 Å². The summed E-state index contributed by atoms with van der Waals surface area (Å²) >= 11 is 0. The summed E-state index contributed by atoms with van der Waals surface area (Å²) in [5, 5.41) is 0.728. The molecule has 4 aromatic rings. The maximum absolute atomic E-state index is 12.7. The number of ether oxygens (including phenoxy) is 3. The van der Waals surface area contributed by atoms with E-state index in [1.807, 2.05) is 36.4 Å². The van der Waals surface area contributed by atoms with Crippen molar-refractivity contribution in [3.05, 3.63) is 94.9 Å². The first-order valence-electron chi connectivity index (χ1n) is 10.5. The monoisotopic (exact) mass is 440 g/mol. The number of allylic oxidation sites excluding steroid dienone is 1. The van der Waals surface area contributed by atoms with Crippen molar-refractivity contribution >= 4 is 28.8 Å². The molecule has 3 aromatic carbocycles. The van der Waals surface area contributed by atoms with Crippen LogP contribution in [0.4, 0.5) is 0 Å². The Bertz CT molecular complexity index is 1410. The molecule has 2 heterocycles. The van der Waals surface area contributed by atoms with Gasteiger partial charge in [0, 0.05) is 11.5 Å². The zero-order valence-corrected chi connectivity index (χ0v) is 18.1. The van der Waals surface area contributed by atoms with Gasteiger partial charge >= 0.3 is 5.97 Å². The Balaban J connectivity index is 1.36. The second kappa shape index (κ2) is 8.31. The van der Waals surface area contributed by atoms with E-state index in [-0.39, 0.29) is 23.1 Å². The third-order valence-electron chi connectivity index (χ3n) is 5.47. The molecule has 6 nitrogen and oxygen atoms in total. The van der Waals surface area contributed by atoms with Crippen molar-refractivity contribution in [2.45, 2.75) is 13.3 Å². The van der Waals surface area contributed by atoms with E-state index in [1.54, 1.807) is 30.3 Å². The number of ketones is 1. The normalized spacial score (nSPS) is 13.8. The summed E-state index contributed by atoms with van der Waals surface area (Å²) in [7, 11) is 1.53. The van der Waals surface area contributed by atoms with Crippen LogP contribution in [0.15, 0.2) is 76.9 Å². The van der Waals surface area contributed by atoms with E-state index < -0.39 is 5.97 Å². The van der Waals surface area contributed by atoms with Crippen molar-refractivity contribution in [1.29, 1.82) is 0 Å². The molecule has 33 heavy (non-hydrogen) atoms. The van der Waals surface area contributed by atoms with Crippen LogP contribution in [0, 0.1) is 0 Å². The molecule has 0 amide bonds. The van der Waals surface area contributed by atoms with Crippen molar-refractivity contribution < 1.29 is 28.2 Å². The third kappa shape index (κ3) is 3.87. The van der Waals surface area contributed by atoms with Gasteiger partial charge in [-0.2, -0.15) is 0 Å². The molecule has 5 rings (SSSR count). The van der Waals surface area contributed by atoms with Gasteiger partial charge in [-0.3, -0.25) is 4.79 Å². The Morgan fingerprint density at radius 3 is 2.61 bits per heavy atom. The number of methoxy groups -OCH3 is 1. The molecule has 1 aromatic heterocycles. The van der Waals surface area contributed by atoms with Gasteiger partial charge < -0.3 is 18.6 Å². The number of benzene rings is 3. The van der Waals surface area contributed by atoms with Crippen LogP contribution in [0.1, 0.15) is 39.0 Å². The first-order valence-corrected chi connectivity index (χ1v) is 10.5. The van der Waals surface area contributed by atoms with Crippen LogP contribution in [-0.4, -0.2) is 18.9 Å². The van der Waals surface area contributed by atoms with Crippen LogP contribution in [0.2, 0.25) is 0 Å². The number of furan rings is 1. The number of rotatable bonds is 5. The highest BCUT2D eigenvalue weighted by Gasteiger charge is 2.28. The van der Waals surface area contributed by atoms with Crippen molar-refractivity contribution in [1.82, 2.24) is 0 Å². The molecule has 0 aliphatic carbocycles. The summed E-state index contributed by atoms with van der Waals surface area (Å²) in [6.45, 7) is 2.09. The molecule has 1 aliphatic rings. The van der Waals surface area contributed by atoms with Crippen molar-refractivity contribution in [3.8, 4) is 17.2 Å². The van der Waals surface area contributed by atoms with Gasteiger partial charge in [-0.15, -0.1) is 0 Å². The lowest BCUT2D eigenvalue weighted by atomic mass is 10.1. The Hall–Kier alpha value is -4.32. The molecule has 1 aliphatic heterocycles. The minimum atomic E-state index is -0.663. The zero-order chi connectivity index (χ0) is 22.9. The Labute approximate surface area is 190 Å². The van der Waals surface area contributed by atoms with Crippen LogP contribution >= 0.6 is 0 Å².